The molecule has 6 rings (SSSR count). The molecule has 0 aliphatic heterocycles. The standard InChI is InChI=1S/C33H28N8O16S5.4Na/c42-30-27-18-23(8-7-19(27)15-28(58-57-56-43)29(30)41-40-20-9-11-24(12-10-20)59(44,45)14-13-55-62(52,53)54)36-33-38-31(34-21-3-1-5-25(16-21)60(46,47)48)37-32(39-33)35-22-4-2-6-26(17-22)61(49,50)51;;;;/h1-12,15-18,42-43H,13-14H2,(H,46,47,48)(H,49,50,51)(H,52,53,54)(H3,34,35,36,37,38,39);;;;/q;4*+1/p-4. The second-order valence-corrected chi connectivity index (χ2v) is 18.8. The minimum absolute atomic E-state index is 0. The molecule has 0 aliphatic rings. The first-order valence-corrected chi connectivity index (χ1v) is 23.2. The molecule has 4 N–H and O–H groups in total. The molecule has 0 aliphatic carbocycles. The molecule has 66 heavy (non-hydrogen) atoms. The molecular weight excluding hydrogens is 1020 g/mol. The van der Waals surface area contributed by atoms with E-state index < -0.39 is 68.4 Å². The van der Waals surface area contributed by atoms with Gasteiger partial charge in [-0.25, -0.2) is 33.7 Å². The number of aromatic nitrogens is 3. The Bertz CT molecular complexity index is 3070. The third-order valence-electron chi connectivity index (χ3n) is 7.89. The van der Waals surface area contributed by atoms with Crippen molar-refractivity contribution in [2.75, 3.05) is 28.3 Å². The summed E-state index contributed by atoms with van der Waals surface area (Å²) in [4.78, 5) is 11.5. The Morgan fingerprint density at radius 1 is 0.621 bits per heavy atom. The van der Waals surface area contributed by atoms with Crippen LogP contribution < -0.4 is 139 Å². The number of rotatable bonds is 18. The van der Waals surface area contributed by atoms with Gasteiger partial charge in [-0.1, -0.05) is 18.2 Å². The monoisotopic (exact) mass is 1040 g/mol. The van der Waals surface area contributed by atoms with Crippen LogP contribution in [-0.4, -0.2) is 79.7 Å². The van der Waals surface area contributed by atoms with E-state index in [0.29, 0.717) is 17.4 Å². The fourth-order valence-corrected chi connectivity index (χ4v) is 8.22. The Morgan fingerprint density at radius 2 is 1.12 bits per heavy atom. The summed E-state index contributed by atoms with van der Waals surface area (Å²) in [5, 5.41) is 42.6. The average molecular weight is 1040 g/mol. The van der Waals surface area contributed by atoms with Crippen LogP contribution in [0, 0.1) is 0 Å². The van der Waals surface area contributed by atoms with Gasteiger partial charge in [-0.15, -0.1) is 5.11 Å². The Kier molecular flexibility index (Phi) is 23.5. The second kappa shape index (κ2) is 25.8. The molecule has 6 aromatic rings. The van der Waals surface area contributed by atoms with Crippen molar-refractivity contribution < 1.29 is 189 Å². The van der Waals surface area contributed by atoms with Crippen LogP contribution in [0.5, 0.6) is 5.75 Å². The van der Waals surface area contributed by atoms with Crippen LogP contribution in [0.25, 0.3) is 10.8 Å². The van der Waals surface area contributed by atoms with E-state index in [0.717, 1.165) is 36.4 Å². The SMILES string of the molecule is O=S(=O)([O-])OCCS(=O)(=O)c1ccc(N=Nc2c(SOO[O-])cc3ccc(Nc4nc(Nc5cccc(S(=O)(=O)[O-])c5)nc(Nc5cccc(S(=O)(=O)[O-])c5)n4)cc3c2O)cc1.[Na+].[Na+].[Na+].[Na+]. The van der Waals surface area contributed by atoms with Crippen molar-refractivity contribution in [2.24, 2.45) is 10.2 Å². The van der Waals surface area contributed by atoms with Crippen LogP contribution in [0.1, 0.15) is 0 Å². The molecule has 0 unspecified atom stereocenters. The van der Waals surface area contributed by atoms with E-state index in [9.17, 15) is 57.7 Å². The summed E-state index contributed by atoms with van der Waals surface area (Å²) in [6, 6.07) is 20.3. The average Bonchev–Trinajstić information content (AvgIpc) is 3.19. The number of hydrogen-bond donors (Lipinski definition) is 4. The van der Waals surface area contributed by atoms with Gasteiger partial charge < -0.3 is 40.0 Å². The molecular formula is C33H24N8Na4O16S5. The number of nitrogens with zero attached hydrogens (tertiary/aromatic N) is 5. The number of anilines is 6. The first kappa shape index (κ1) is 60.2. The van der Waals surface area contributed by atoms with Crippen LogP contribution in [-0.2, 0) is 54.0 Å². The predicted molar refractivity (Wildman–Crippen MR) is 210 cm³/mol. The van der Waals surface area contributed by atoms with Gasteiger partial charge in [0.2, 0.25) is 28.2 Å². The van der Waals surface area contributed by atoms with Crippen LogP contribution >= 0.6 is 12.0 Å². The molecule has 1 heterocycles. The number of nitrogens with one attached hydrogen (secondary N) is 3. The van der Waals surface area contributed by atoms with E-state index in [1.54, 1.807) is 0 Å². The maximum atomic E-state index is 12.5. The van der Waals surface area contributed by atoms with E-state index >= 15 is 0 Å². The molecule has 24 nitrogen and oxygen atoms in total. The predicted octanol–water partition coefficient (Wildman–Crippen LogP) is -8.32. The smallest absolute Gasteiger partial charge is 0.744 e. The fraction of sp³-hybridized carbons (Fsp3) is 0.0606. The van der Waals surface area contributed by atoms with E-state index in [4.69, 9.17) is 0 Å². The van der Waals surface area contributed by atoms with Gasteiger partial charge in [-0.2, -0.15) is 24.4 Å². The second-order valence-electron chi connectivity index (χ2n) is 12.1. The number of phenolic OH excluding ortho intramolecular Hbond substituents is 1. The number of benzene rings is 5. The molecule has 0 spiro atoms. The first-order chi connectivity index (χ1) is 29.2. The van der Waals surface area contributed by atoms with Crippen molar-refractivity contribution in [1.29, 1.82) is 0 Å². The maximum Gasteiger partial charge on any atom is 1.00 e. The van der Waals surface area contributed by atoms with Gasteiger partial charge in [-0.3, -0.25) is 9.22 Å². The molecule has 33 heteroatoms. The molecule has 1 aromatic heterocycles. The van der Waals surface area contributed by atoms with Crippen molar-refractivity contribution >= 4 is 110 Å². The van der Waals surface area contributed by atoms with E-state index in [-0.39, 0.29) is 180 Å². The normalized spacial score (nSPS) is 11.7. The van der Waals surface area contributed by atoms with Gasteiger partial charge in [0, 0.05) is 22.4 Å². The number of aromatic hydroxyl groups is 1. The topological polar surface area (TPSA) is 376 Å². The Labute approximate surface area is 468 Å². The molecule has 0 fully saturated rings. The Morgan fingerprint density at radius 3 is 1.59 bits per heavy atom. The third kappa shape index (κ3) is 17.2. The summed E-state index contributed by atoms with van der Waals surface area (Å²) >= 11 is 0.379. The van der Waals surface area contributed by atoms with Crippen molar-refractivity contribution in [1.82, 2.24) is 15.0 Å². The summed E-state index contributed by atoms with van der Waals surface area (Å²) in [6.45, 7) is -0.903. The molecule has 0 amide bonds. The summed E-state index contributed by atoms with van der Waals surface area (Å²) < 4.78 is 135. The number of hydrogen-bond acceptors (Lipinski definition) is 25. The summed E-state index contributed by atoms with van der Waals surface area (Å²) in [6.07, 6.45) is 0. The fourth-order valence-electron chi connectivity index (χ4n) is 5.21. The molecule has 0 radical (unpaired) electrons. The Balaban J connectivity index is 0.00000374. The van der Waals surface area contributed by atoms with Gasteiger partial charge in [0.05, 0.1) is 49.7 Å². The summed E-state index contributed by atoms with van der Waals surface area (Å²) in [5.41, 5.74) is 0.203. The minimum atomic E-state index is -5.10. The summed E-state index contributed by atoms with van der Waals surface area (Å²) in [7, 11) is -18.9. The van der Waals surface area contributed by atoms with E-state index in [1.165, 1.54) is 60.7 Å². The molecule has 0 atom stereocenters. The van der Waals surface area contributed by atoms with Gasteiger partial charge in [-0.05, 0) is 84.2 Å². The van der Waals surface area contributed by atoms with Gasteiger partial charge in [0.1, 0.15) is 25.9 Å². The number of sulfone groups is 1. The van der Waals surface area contributed by atoms with E-state index in [1.807, 2.05) is 0 Å². The molecule has 0 saturated carbocycles. The number of azo groups is 1. The quantitative estimate of drug-likeness (QED) is 0.0118. The van der Waals surface area contributed by atoms with Crippen molar-refractivity contribution in [2.45, 2.75) is 19.6 Å². The van der Waals surface area contributed by atoms with E-state index in [2.05, 4.69) is 54.7 Å². The van der Waals surface area contributed by atoms with Gasteiger partial charge in [0.25, 0.3) is 0 Å². The Hall–Kier alpha value is -1.96. The number of fused-ring (bicyclic) bond motifs is 1. The van der Waals surface area contributed by atoms with Gasteiger partial charge >= 0.3 is 118 Å². The molecule has 326 valence electrons. The number of phenols is 1. The van der Waals surface area contributed by atoms with Crippen LogP contribution in [0.3, 0.4) is 0 Å². The van der Waals surface area contributed by atoms with Crippen LogP contribution in [0.2, 0.25) is 0 Å². The minimum Gasteiger partial charge on any atom is -0.744 e. The van der Waals surface area contributed by atoms with Crippen molar-refractivity contribution in [3.8, 4) is 5.75 Å². The third-order valence-corrected chi connectivity index (χ3v) is 12.3. The van der Waals surface area contributed by atoms with Crippen LogP contribution in [0.15, 0.2) is 127 Å². The van der Waals surface area contributed by atoms with Crippen molar-refractivity contribution in [3.63, 3.8) is 0 Å². The zero-order valence-electron chi connectivity index (χ0n) is 34.5. The summed E-state index contributed by atoms with van der Waals surface area (Å²) in [5.74, 6) is -1.95. The largest absolute Gasteiger partial charge is 1.00 e. The van der Waals surface area contributed by atoms with Crippen molar-refractivity contribution in [3.05, 3.63) is 97.1 Å². The van der Waals surface area contributed by atoms with Crippen LogP contribution in [0.4, 0.5) is 46.3 Å². The molecule has 0 saturated heterocycles. The molecule has 5 aromatic carbocycles. The first-order valence-electron chi connectivity index (χ1n) is 16.6. The van der Waals surface area contributed by atoms with Gasteiger partial charge in [0.15, 0.2) is 15.6 Å². The zero-order chi connectivity index (χ0) is 44.9. The maximum absolute atomic E-state index is 12.5. The zero-order valence-corrected chi connectivity index (χ0v) is 46.6. The molecule has 0 bridgehead atoms.